The van der Waals surface area contributed by atoms with Crippen molar-refractivity contribution in [2.75, 3.05) is 20.3 Å². The SMILES string of the molecule is CCn1c(=O)ccc2cc(COc3cc(F)cc(C4(OC)CCOCC4)c3)ccc21. The molecule has 2 aromatic carbocycles. The predicted molar refractivity (Wildman–Crippen MR) is 113 cm³/mol. The number of benzene rings is 2. The van der Waals surface area contributed by atoms with Crippen LogP contribution in [0.3, 0.4) is 0 Å². The molecule has 0 N–H and O–H groups in total. The lowest BCUT2D eigenvalue weighted by Crippen LogP contribution is -2.35. The molecule has 0 radical (unpaired) electrons. The van der Waals surface area contributed by atoms with E-state index in [1.165, 1.54) is 12.1 Å². The first-order valence-corrected chi connectivity index (χ1v) is 10.2. The molecule has 0 atom stereocenters. The Bertz CT molecular complexity index is 1100. The van der Waals surface area contributed by atoms with Crippen molar-refractivity contribution in [3.63, 3.8) is 0 Å². The van der Waals surface area contributed by atoms with E-state index in [9.17, 15) is 9.18 Å². The molecule has 4 rings (SSSR count). The van der Waals surface area contributed by atoms with Crippen molar-refractivity contribution in [1.82, 2.24) is 4.57 Å². The largest absolute Gasteiger partial charge is 0.489 e. The van der Waals surface area contributed by atoms with Gasteiger partial charge in [-0.2, -0.15) is 0 Å². The lowest BCUT2D eigenvalue weighted by Gasteiger charge is -2.36. The summed E-state index contributed by atoms with van der Waals surface area (Å²) >= 11 is 0. The van der Waals surface area contributed by atoms with Gasteiger partial charge in [-0.3, -0.25) is 4.79 Å². The van der Waals surface area contributed by atoms with Gasteiger partial charge in [-0.15, -0.1) is 0 Å². The highest BCUT2D eigenvalue weighted by atomic mass is 19.1. The minimum atomic E-state index is -0.550. The van der Waals surface area contributed by atoms with Crippen LogP contribution in [0.4, 0.5) is 4.39 Å². The molecule has 3 aromatic rings. The van der Waals surface area contributed by atoms with Crippen molar-refractivity contribution in [2.24, 2.45) is 0 Å². The molecule has 0 bridgehead atoms. The highest BCUT2D eigenvalue weighted by Gasteiger charge is 2.35. The summed E-state index contributed by atoms with van der Waals surface area (Å²) in [7, 11) is 1.65. The van der Waals surface area contributed by atoms with E-state index in [0.717, 1.165) is 22.0 Å². The van der Waals surface area contributed by atoms with Crippen LogP contribution in [-0.4, -0.2) is 24.9 Å². The number of aryl methyl sites for hydroxylation is 1. The number of pyridine rings is 1. The monoisotopic (exact) mass is 411 g/mol. The Hall–Kier alpha value is -2.70. The van der Waals surface area contributed by atoms with Crippen molar-refractivity contribution in [2.45, 2.75) is 38.5 Å². The van der Waals surface area contributed by atoms with E-state index in [4.69, 9.17) is 14.2 Å². The number of nitrogens with zero attached hydrogens (tertiary/aromatic N) is 1. The second-order valence-corrected chi connectivity index (χ2v) is 7.58. The average molecular weight is 411 g/mol. The fourth-order valence-electron chi connectivity index (χ4n) is 4.16. The molecule has 1 aliphatic heterocycles. The molecular weight excluding hydrogens is 385 g/mol. The standard InChI is InChI=1S/C24H26FNO4/c1-3-26-22-6-4-17(12-18(22)5-7-23(26)27)16-30-21-14-19(13-20(25)15-21)24(28-2)8-10-29-11-9-24/h4-7,12-15H,3,8-11,16H2,1-2H3. The Labute approximate surface area is 175 Å². The summed E-state index contributed by atoms with van der Waals surface area (Å²) < 4.78 is 33.2. The van der Waals surface area contributed by atoms with Gasteiger partial charge in [-0.1, -0.05) is 6.07 Å². The van der Waals surface area contributed by atoms with Gasteiger partial charge in [-0.25, -0.2) is 4.39 Å². The summed E-state index contributed by atoms with van der Waals surface area (Å²) in [6.45, 7) is 4.03. The van der Waals surface area contributed by atoms with Crippen LogP contribution in [0, 0.1) is 5.82 Å². The van der Waals surface area contributed by atoms with Crippen LogP contribution in [0.1, 0.15) is 30.9 Å². The van der Waals surface area contributed by atoms with Crippen LogP contribution in [-0.2, 0) is 28.2 Å². The fraction of sp³-hybridized carbons (Fsp3) is 0.375. The summed E-state index contributed by atoms with van der Waals surface area (Å²) in [5.74, 6) is 0.113. The van der Waals surface area contributed by atoms with Crippen molar-refractivity contribution in [3.8, 4) is 5.75 Å². The van der Waals surface area contributed by atoms with Crippen LogP contribution < -0.4 is 10.3 Å². The van der Waals surface area contributed by atoms with Gasteiger partial charge in [0, 0.05) is 51.8 Å². The lowest BCUT2D eigenvalue weighted by atomic mass is 9.86. The van der Waals surface area contributed by atoms with Crippen LogP contribution in [0.5, 0.6) is 5.75 Å². The Morgan fingerprint density at radius 2 is 1.90 bits per heavy atom. The molecule has 2 heterocycles. The van der Waals surface area contributed by atoms with Crippen LogP contribution in [0.2, 0.25) is 0 Å². The third-order valence-electron chi connectivity index (χ3n) is 5.86. The zero-order valence-electron chi connectivity index (χ0n) is 17.3. The summed E-state index contributed by atoms with van der Waals surface area (Å²) in [4.78, 5) is 12.0. The lowest BCUT2D eigenvalue weighted by molar-refractivity contribution is -0.0950. The van der Waals surface area contributed by atoms with Gasteiger partial charge in [0.2, 0.25) is 0 Å². The van der Waals surface area contributed by atoms with E-state index in [1.807, 2.05) is 37.3 Å². The van der Waals surface area contributed by atoms with Crippen LogP contribution >= 0.6 is 0 Å². The molecule has 1 saturated heterocycles. The zero-order chi connectivity index (χ0) is 21.1. The number of methoxy groups -OCH3 is 1. The first-order chi connectivity index (χ1) is 14.5. The minimum absolute atomic E-state index is 0.0125. The van der Waals surface area contributed by atoms with Crippen molar-refractivity contribution >= 4 is 10.9 Å². The zero-order valence-corrected chi connectivity index (χ0v) is 17.3. The van der Waals surface area contributed by atoms with Gasteiger partial charge in [0.25, 0.3) is 5.56 Å². The summed E-state index contributed by atoms with van der Waals surface area (Å²) in [6.07, 6.45) is 1.35. The number of hydrogen-bond acceptors (Lipinski definition) is 4. The number of ether oxygens (including phenoxy) is 3. The number of halogens is 1. The molecule has 158 valence electrons. The summed E-state index contributed by atoms with van der Waals surface area (Å²) in [5.41, 5.74) is 2.05. The Morgan fingerprint density at radius 1 is 1.10 bits per heavy atom. The van der Waals surface area contributed by atoms with E-state index in [1.54, 1.807) is 17.7 Å². The van der Waals surface area contributed by atoms with Crippen molar-refractivity contribution in [3.05, 3.63) is 75.8 Å². The maximum absolute atomic E-state index is 14.3. The van der Waals surface area contributed by atoms with E-state index in [0.29, 0.717) is 45.0 Å². The Kier molecular flexibility index (Phi) is 5.88. The molecule has 1 aromatic heterocycles. The van der Waals surface area contributed by atoms with E-state index in [2.05, 4.69) is 0 Å². The second-order valence-electron chi connectivity index (χ2n) is 7.58. The van der Waals surface area contributed by atoms with Crippen molar-refractivity contribution < 1.29 is 18.6 Å². The molecule has 0 amide bonds. The molecular formula is C24H26FNO4. The van der Waals surface area contributed by atoms with Gasteiger partial charge >= 0.3 is 0 Å². The van der Waals surface area contributed by atoms with E-state index >= 15 is 0 Å². The first kappa shape index (κ1) is 20.6. The molecule has 0 unspecified atom stereocenters. The van der Waals surface area contributed by atoms with Gasteiger partial charge in [-0.05, 0) is 53.8 Å². The topological polar surface area (TPSA) is 49.7 Å². The highest BCUT2D eigenvalue weighted by Crippen LogP contribution is 2.37. The maximum atomic E-state index is 14.3. The molecule has 0 spiro atoms. The van der Waals surface area contributed by atoms with Crippen LogP contribution in [0.25, 0.3) is 10.9 Å². The maximum Gasteiger partial charge on any atom is 0.250 e. The first-order valence-electron chi connectivity index (χ1n) is 10.2. The van der Waals surface area contributed by atoms with Gasteiger partial charge in [0.15, 0.2) is 0 Å². The second kappa shape index (κ2) is 8.58. The summed E-state index contributed by atoms with van der Waals surface area (Å²) in [6, 6.07) is 14.0. The summed E-state index contributed by atoms with van der Waals surface area (Å²) in [5, 5.41) is 0.970. The number of aromatic nitrogens is 1. The Morgan fingerprint density at radius 3 is 2.63 bits per heavy atom. The van der Waals surface area contributed by atoms with Gasteiger partial charge in [0.05, 0.1) is 11.1 Å². The molecule has 0 aliphatic carbocycles. The smallest absolute Gasteiger partial charge is 0.250 e. The fourth-order valence-corrected chi connectivity index (χ4v) is 4.16. The molecule has 6 heteroatoms. The van der Waals surface area contributed by atoms with Gasteiger partial charge in [0.1, 0.15) is 18.2 Å². The average Bonchev–Trinajstić information content (AvgIpc) is 2.77. The Balaban J connectivity index is 1.57. The molecule has 30 heavy (non-hydrogen) atoms. The van der Waals surface area contributed by atoms with Crippen LogP contribution in [0.15, 0.2) is 53.3 Å². The third kappa shape index (κ3) is 3.98. The quantitative estimate of drug-likeness (QED) is 0.604. The highest BCUT2D eigenvalue weighted by molar-refractivity contribution is 5.79. The molecule has 1 fully saturated rings. The molecule has 0 saturated carbocycles. The number of rotatable bonds is 6. The van der Waals surface area contributed by atoms with Gasteiger partial charge < -0.3 is 18.8 Å². The van der Waals surface area contributed by atoms with Crippen molar-refractivity contribution in [1.29, 1.82) is 0 Å². The number of hydrogen-bond donors (Lipinski definition) is 0. The van der Waals surface area contributed by atoms with E-state index in [-0.39, 0.29) is 11.4 Å². The van der Waals surface area contributed by atoms with E-state index < -0.39 is 5.60 Å². The third-order valence-corrected chi connectivity index (χ3v) is 5.86. The minimum Gasteiger partial charge on any atom is -0.489 e. The molecule has 5 nitrogen and oxygen atoms in total. The number of fused-ring (bicyclic) bond motifs is 1. The molecule has 1 aliphatic rings. The predicted octanol–water partition coefficient (Wildman–Crippen LogP) is 4.39. The normalized spacial score (nSPS) is 16.0.